The van der Waals surface area contributed by atoms with Gasteiger partial charge in [0, 0.05) is 25.7 Å². The number of hydrogen-bond donors (Lipinski definition) is 1. The predicted molar refractivity (Wildman–Crippen MR) is 66.8 cm³/mol. The summed E-state index contributed by atoms with van der Waals surface area (Å²) in [6.07, 6.45) is 4.83. The van der Waals surface area contributed by atoms with Crippen LogP contribution in [0, 0.1) is 0 Å². The minimum absolute atomic E-state index is 0.0410. The molecule has 1 N–H and O–H groups in total. The summed E-state index contributed by atoms with van der Waals surface area (Å²) in [5.41, 5.74) is 0. The van der Waals surface area contributed by atoms with Crippen molar-refractivity contribution in [1.29, 1.82) is 0 Å². The molecule has 1 atom stereocenters. The van der Waals surface area contributed by atoms with Crippen molar-refractivity contribution >= 4 is 5.91 Å². The van der Waals surface area contributed by atoms with E-state index in [0.717, 1.165) is 45.4 Å². The van der Waals surface area contributed by atoms with Gasteiger partial charge in [0.1, 0.15) is 0 Å². The van der Waals surface area contributed by atoms with Crippen molar-refractivity contribution in [1.82, 2.24) is 10.2 Å². The number of nitrogens with one attached hydrogen (secondary N) is 1. The first-order chi connectivity index (χ1) is 8.20. The largest absolute Gasteiger partial charge is 0.378 e. The van der Waals surface area contributed by atoms with Crippen molar-refractivity contribution in [3.63, 3.8) is 0 Å². The van der Waals surface area contributed by atoms with E-state index in [4.69, 9.17) is 4.74 Å². The van der Waals surface area contributed by atoms with E-state index < -0.39 is 0 Å². The highest BCUT2D eigenvalue weighted by atomic mass is 16.5. The number of amides is 1. The van der Waals surface area contributed by atoms with E-state index in [0.29, 0.717) is 12.1 Å². The molecule has 0 aromatic heterocycles. The zero-order valence-electron chi connectivity index (χ0n) is 10.9. The quantitative estimate of drug-likeness (QED) is 0.784. The molecule has 17 heavy (non-hydrogen) atoms. The van der Waals surface area contributed by atoms with Gasteiger partial charge in [0.05, 0.1) is 12.1 Å². The Hall–Kier alpha value is -0.610. The molecular weight excluding hydrogens is 216 g/mol. The van der Waals surface area contributed by atoms with Crippen LogP contribution in [-0.2, 0) is 9.53 Å². The van der Waals surface area contributed by atoms with Crippen LogP contribution in [0.5, 0.6) is 0 Å². The van der Waals surface area contributed by atoms with Crippen LogP contribution in [0.4, 0.5) is 0 Å². The van der Waals surface area contributed by atoms with E-state index in [1.165, 1.54) is 0 Å². The summed E-state index contributed by atoms with van der Waals surface area (Å²) < 4.78 is 5.51. The summed E-state index contributed by atoms with van der Waals surface area (Å²) in [6.45, 7) is 6.68. The van der Waals surface area contributed by atoms with Gasteiger partial charge < -0.3 is 15.0 Å². The Morgan fingerprint density at radius 2 is 2.06 bits per heavy atom. The second kappa shape index (κ2) is 5.83. The van der Waals surface area contributed by atoms with Gasteiger partial charge in [-0.3, -0.25) is 4.79 Å². The summed E-state index contributed by atoms with van der Waals surface area (Å²) in [5.74, 6) is 0.266. The first-order valence-electron chi connectivity index (χ1n) is 6.87. The van der Waals surface area contributed by atoms with Crippen LogP contribution in [0.25, 0.3) is 0 Å². The van der Waals surface area contributed by atoms with Gasteiger partial charge in [-0.05, 0) is 39.5 Å². The van der Waals surface area contributed by atoms with Crippen molar-refractivity contribution < 1.29 is 9.53 Å². The molecule has 1 amide bonds. The van der Waals surface area contributed by atoms with Crippen LogP contribution in [0.15, 0.2) is 0 Å². The summed E-state index contributed by atoms with van der Waals surface area (Å²) in [7, 11) is 0. The Kier molecular flexibility index (Phi) is 4.40. The Labute approximate surface area is 104 Å². The van der Waals surface area contributed by atoms with E-state index >= 15 is 0 Å². The van der Waals surface area contributed by atoms with E-state index in [1.807, 2.05) is 18.7 Å². The highest BCUT2D eigenvalue weighted by Gasteiger charge is 2.32. The summed E-state index contributed by atoms with van der Waals surface area (Å²) >= 11 is 0. The number of carbonyl (C=O) groups is 1. The maximum absolute atomic E-state index is 12.1. The highest BCUT2D eigenvalue weighted by Crippen LogP contribution is 2.23. The normalized spacial score (nSPS) is 30.1. The Morgan fingerprint density at radius 3 is 2.65 bits per heavy atom. The zero-order valence-corrected chi connectivity index (χ0v) is 10.9. The molecule has 1 unspecified atom stereocenters. The van der Waals surface area contributed by atoms with Crippen LogP contribution in [0.2, 0.25) is 0 Å². The lowest BCUT2D eigenvalue weighted by Gasteiger charge is -2.37. The molecule has 0 aromatic rings. The molecule has 4 nitrogen and oxygen atoms in total. The summed E-state index contributed by atoms with van der Waals surface area (Å²) in [6, 6.07) is 0.425. The van der Waals surface area contributed by atoms with E-state index in [1.54, 1.807) is 0 Å². The highest BCUT2D eigenvalue weighted by molar-refractivity contribution is 5.81. The number of rotatable bonds is 5. The van der Waals surface area contributed by atoms with Gasteiger partial charge in [0.25, 0.3) is 0 Å². The predicted octanol–water partition coefficient (Wildman–Crippen LogP) is 1.15. The van der Waals surface area contributed by atoms with Crippen molar-refractivity contribution in [2.45, 2.75) is 57.7 Å². The Morgan fingerprint density at radius 1 is 1.41 bits per heavy atom. The average Bonchev–Trinajstić information content (AvgIpc) is 2.78. The molecular formula is C13H24N2O2. The fourth-order valence-corrected chi connectivity index (χ4v) is 2.71. The first kappa shape index (κ1) is 12.8. The van der Waals surface area contributed by atoms with E-state index in [2.05, 4.69) is 5.32 Å². The Bertz CT molecular complexity index is 258. The van der Waals surface area contributed by atoms with Gasteiger partial charge in [0.2, 0.25) is 5.91 Å². The standard InChI is InChI=1S/C13H24N2O2/c1-3-17-12-8-11(9-12)14-10(2)13(16)15-6-4-5-7-15/h10-12,14H,3-9H2,1-2H3. The van der Waals surface area contributed by atoms with E-state index in [-0.39, 0.29) is 11.9 Å². The molecule has 1 saturated heterocycles. The minimum Gasteiger partial charge on any atom is -0.378 e. The zero-order chi connectivity index (χ0) is 12.3. The average molecular weight is 240 g/mol. The van der Waals surface area contributed by atoms with Crippen molar-refractivity contribution in [2.24, 2.45) is 0 Å². The number of likely N-dealkylation sites (tertiary alicyclic amines) is 1. The monoisotopic (exact) mass is 240 g/mol. The topological polar surface area (TPSA) is 41.6 Å². The molecule has 1 saturated carbocycles. The second-order valence-electron chi connectivity index (χ2n) is 5.17. The number of carbonyl (C=O) groups excluding carboxylic acids is 1. The van der Waals surface area contributed by atoms with E-state index in [9.17, 15) is 4.79 Å². The summed E-state index contributed by atoms with van der Waals surface area (Å²) in [5, 5.41) is 3.41. The SMILES string of the molecule is CCOC1CC(NC(C)C(=O)N2CCCC2)C1. The van der Waals surface area contributed by atoms with Crippen LogP contribution in [-0.4, -0.2) is 48.7 Å². The van der Waals surface area contributed by atoms with Gasteiger partial charge in [-0.15, -0.1) is 0 Å². The molecule has 2 aliphatic rings. The number of nitrogens with zero attached hydrogens (tertiary/aromatic N) is 1. The molecule has 1 aliphatic heterocycles. The third kappa shape index (κ3) is 3.19. The van der Waals surface area contributed by atoms with Crippen LogP contribution in [0.3, 0.4) is 0 Å². The van der Waals surface area contributed by atoms with Gasteiger partial charge in [-0.1, -0.05) is 0 Å². The lowest BCUT2D eigenvalue weighted by atomic mass is 9.88. The molecule has 2 rings (SSSR count). The second-order valence-corrected chi connectivity index (χ2v) is 5.17. The molecule has 0 spiro atoms. The summed E-state index contributed by atoms with van der Waals surface area (Å²) in [4.78, 5) is 14.0. The molecule has 0 aromatic carbocycles. The van der Waals surface area contributed by atoms with Crippen molar-refractivity contribution in [3.8, 4) is 0 Å². The molecule has 2 fully saturated rings. The molecule has 1 heterocycles. The molecule has 4 heteroatoms. The first-order valence-corrected chi connectivity index (χ1v) is 6.87. The van der Waals surface area contributed by atoms with Crippen LogP contribution >= 0.6 is 0 Å². The van der Waals surface area contributed by atoms with Gasteiger partial charge in [-0.2, -0.15) is 0 Å². The Balaban J connectivity index is 1.67. The van der Waals surface area contributed by atoms with Crippen molar-refractivity contribution in [2.75, 3.05) is 19.7 Å². The van der Waals surface area contributed by atoms with Gasteiger partial charge in [-0.25, -0.2) is 0 Å². The van der Waals surface area contributed by atoms with Crippen LogP contribution < -0.4 is 5.32 Å². The maximum Gasteiger partial charge on any atom is 0.239 e. The van der Waals surface area contributed by atoms with Gasteiger partial charge in [0.15, 0.2) is 0 Å². The van der Waals surface area contributed by atoms with Gasteiger partial charge >= 0.3 is 0 Å². The fourth-order valence-electron chi connectivity index (χ4n) is 2.71. The lowest BCUT2D eigenvalue weighted by molar-refractivity contribution is -0.132. The maximum atomic E-state index is 12.1. The number of ether oxygens (including phenoxy) is 1. The molecule has 0 radical (unpaired) electrons. The fraction of sp³-hybridized carbons (Fsp3) is 0.923. The molecule has 0 bridgehead atoms. The number of hydrogen-bond acceptors (Lipinski definition) is 3. The van der Waals surface area contributed by atoms with Crippen molar-refractivity contribution in [3.05, 3.63) is 0 Å². The third-order valence-corrected chi connectivity index (χ3v) is 3.77. The molecule has 1 aliphatic carbocycles. The lowest BCUT2D eigenvalue weighted by Crippen LogP contribution is -2.53. The minimum atomic E-state index is -0.0410. The van der Waals surface area contributed by atoms with Crippen LogP contribution in [0.1, 0.15) is 39.5 Å². The smallest absolute Gasteiger partial charge is 0.239 e. The molecule has 98 valence electrons. The third-order valence-electron chi connectivity index (χ3n) is 3.77.